The van der Waals surface area contributed by atoms with Gasteiger partial charge in [0.15, 0.2) is 0 Å². The Morgan fingerprint density at radius 3 is 2.47 bits per heavy atom. The minimum absolute atomic E-state index is 0.00633. The number of hydrogen-bond acceptors (Lipinski definition) is 3. The van der Waals surface area contributed by atoms with Gasteiger partial charge in [-0.15, -0.1) is 0 Å². The second-order valence-corrected chi connectivity index (χ2v) is 3.57. The van der Waals surface area contributed by atoms with Crippen LogP contribution in [0.25, 0.3) is 0 Å². The number of benzene rings is 1. The highest BCUT2D eigenvalue weighted by atomic mass is 19.1. The van der Waals surface area contributed by atoms with Gasteiger partial charge in [-0.1, -0.05) is 12.1 Å². The third-order valence-electron chi connectivity index (χ3n) is 2.42. The van der Waals surface area contributed by atoms with Crippen molar-refractivity contribution in [1.29, 1.82) is 0 Å². The van der Waals surface area contributed by atoms with Crippen LogP contribution in [-0.4, -0.2) is 24.2 Å². The van der Waals surface area contributed by atoms with Gasteiger partial charge < -0.3 is 11.1 Å². The number of hydrogen-bond donors (Lipinski definition) is 2. The molecule has 17 heavy (non-hydrogen) atoms. The van der Waals surface area contributed by atoms with Gasteiger partial charge in [-0.05, 0) is 17.7 Å². The summed E-state index contributed by atoms with van der Waals surface area (Å²) in [6.45, 7) is -0.00633. The Morgan fingerprint density at radius 2 is 1.94 bits per heavy atom. The highest BCUT2D eigenvalue weighted by molar-refractivity contribution is 6.19. The third-order valence-corrected chi connectivity index (χ3v) is 2.42. The molecule has 6 heteroatoms. The lowest BCUT2D eigenvalue weighted by molar-refractivity contribution is -0.129. The Labute approximate surface area is 96.5 Å². The predicted octanol–water partition coefficient (Wildman–Crippen LogP) is -0.0771. The highest BCUT2D eigenvalue weighted by Gasteiger charge is 2.32. The molecular formula is C11H10FN3O2. The van der Waals surface area contributed by atoms with Crippen LogP contribution >= 0.6 is 0 Å². The van der Waals surface area contributed by atoms with Crippen molar-refractivity contribution in [1.82, 2.24) is 5.32 Å². The summed E-state index contributed by atoms with van der Waals surface area (Å²) in [5, 5.41) is 2.43. The van der Waals surface area contributed by atoms with Crippen LogP contribution in [0.3, 0.4) is 0 Å². The number of carbonyl (C=O) groups is 2. The molecule has 0 aromatic heterocycles. The van der Waals surface area contributed by atoms with E-state index in [2.05, 4.69) is 10.3 Å². The van der Waals surface area contributed by atoms with Gasteiger partial charge in [0, 0.05) is 0 Å². The van der Waals surface area contributed by atoms with Crippen molar-refractivity contribution < 1.29 is 14.0 Å². The normalized spacial score (nSPS) is 19.9. The van der Waals surface area contributed by atoms with E-state index in [0.717, 1.165) is 0 Å². The second-order valence-electron chi connectivity index (χ2n) is 3.57. The first kappa shape index (κ1) is 11.4. The Kier molecular flexibility index (Phi) is 2.97. The molecule has 1 aromatic carbocycles. The molecule has 0 aliphatic carbocycles. The first-order valence-electron chi connectivity index (χ1n) is 4.99. The summed E-state index contributed by atoms with van der Waals surface area (Å²) in [6.07, 6.45) is 0. The SMILES string of the molecule is NCC1=NC(=O)C(c2ccc(F)cc2)C(=O)N1. The van der Waals surface area contributed by atoms with Crippen LogP contribution in [0.5, 0.6) is 0 Å². The standard InChI is InChI=1S/C11H10FN3O2/c12-7-3-1-6(2-4-7)9-10(16)14-8(5-13)15-11(9)17/h1-4,9H,5,13H2,(H,14,15,16,17). The molecular weight excluding hydrogens is 225 g/mol. The molecule has 0 spiro atoms. The lowest BCUT2D eigenvalue weighted by Crippen LogP contribution is -2.45. The Morgan fingerprint density at radius 1 is 1.29 bits per heavy atom. The first-order valence-corrected chi connectivity index (χ1v) is 4.99. The first-order chi connectivity index (χ1) is 8.11. The van der Waals surface area contributed by atoms with Crippen LogP contribution in [0, 0.1) is 5.82 Å². The maximum Gasteiger partial charge on any atom is 0.264 e. The molecule has 0 saturated heterocycles. The van der Waals surface area contributed by atoms with Gasteiger partial charge in [-0.25, -0.2) is 4.39 Å². The number of aliphatic imine (C=N–C) groups is 1. The van der Waals surface area contributed by atoms with Crippen molar-refractivity contribution >= 4 is 17.6 Å². The molecule has 3 N–H and O–H groups in total. The predicted molar refractivity (Wildman–Crippen MR) is 58.8 cm³/mol. The maximum atomic E-state index is 12.7. The third kappa shape index (κ3) is 2.21. The monoisotopic (exact) mass is 235 g/mol. The Hall–Kier alpha value is -2.08. The van der Waals surface area contributed by atoms with E-state index in [-0.39, 0.29) is 12.4 Å². The molecule has 1 unspecified atom stereocenters. The van der Waals surface area contributed by atoms with Crippen LogP contribution < -0.4 is 11.1 Å². The zero-order valence-corrected chi connectivity index (χ0v) is 8.81. The second kappa shape index (κ2) is 4.42. The molecule has 0 bridgehead atoms. The molecule has 1 atom stereocenters. The quantitative estimate of drug-likeness (QED) is 0.703. The molecule has 1 aliphatic heterocycles. The van der Waals surface area contributed by atoms with Crippen LogP contribution in [0.1, 0.15) is 11.5 Å². The number of amidine groups is 1. The largest absolute Gasteiger partial charge is 0.324 e. The molecule has 2 amide bonds. The number of nitrogens with zero attached hydrogens (tertiary/aromatic N) is 1. The van der Waals surface area contributed by atoms with Crippen LogP contribution in [0.15, 0.2) is 29.3 Å². The fourth-order valence-corrected chi connectivity index (χ4v) is 1.60. The summed E-state index contributed by atoms with van der Waals surface area (Å²) in [5.74, 6) is -2.37. The molecule has 5 nitrogen and oxygen atoms in total. The molecule has 0 saturated carbocycles. The van der Waals surface area contributed by atoms with Gasteiger partial charge in [0.05, 0.1) is 6.54 Å². The van der Waals surface area contributed by atoms with E-state index in [4.69, 9.17) is 5.73 Å². The van der Waals surface area contributed by atoms with Crippen molar-refractivity contribution in [3.63, 3.8) is 0 Å². The molecule has 88 valence electrons. The topological polar surface area (TPSA) is 84.5 Å². The summed E-state index contributed by atoms with van der Waals surface area (Å²) >= 11 is 0. The van der Waals surface area contributed by atoms with Crippen molar-refractivity contribution in [2.75, 3.05) is 6.54 Å². The maximum absolute atomic E-state index is 12.7. The average Bonchev–Trinajstić information content (AvgIpc) is 2.30. The highest BCUT2D eigenvalue weighted by Crippen LogP contribution is 2.20. The summed E-state index contributed by atoms with van der Waals surface area (Å²) in [6, 6.07) is 5.16. The van der Waals surface area contributed by atoms with E-state index in [9.17, 15) is 14.0 Å². The fraction of sp³-hybridized carbons (Fsp3) is 0.182. The van der Waals surface area contributed by atoms with Gasteiger partial charge in [-0.2, -0.15) is 4.99 Å². The fourth-order valence-electron chi connectivity index (χ4n) is 1.60. The summed E-state index contributed by atoms with van der Waals surface area (Å²) in [4.78, 5) is 27.0. The van der Waals surface area contributed by atoms with E-state index in [0.29, 0.717) is 5.56 Å². The van der Waals surface area contributed by atoms with Crippen molar-refractivity contribution in [2.45, 2.75) is 5.92 Å². The minimum atomic E-state index is -1.02. The number of halogens is 1. The van der Waals surface area contributed by atoms with E-state index in [1.54, 1.807) is 0 Å². The zero-order valence-electron chi connectivity index (χ0n) is 8.81. The van der Waals surface area contributed by atoms with Gasteiger partial charge >= 0.3 is 0 Å². The number of amides is 2. The summed E-state index contributed by atoms with van der Waals surface area (Å²) in [7, 11) is 0. The minimum Gasteiger partial charge on any atom is -0.324 e. The molecule has 1 heterocycles. The lowest BCUT2D eigenvalue weighted by atomic mass is 9.96. The summed E-state index contributed by atoms with van der Waals surface area (Å²) in [5.41, 5.74) is 5.70. The van der Waals surface area contributed by atoms with E-state index in [1.165, 1.54) is 24.3 Å². The lowest BCUT2D eigenvalue weighted by Gasteiger charge is -2.19. The van der Waals surface area contributed by atoms with E-state index >= 15 is 0 Å². The number of rotatable bonds is 2. The van der Waals surface area contributed by atoms with Crippen LogP contribution in [0.4, 0.5) is 4.39 Å². The van der Waals surface area contributed by atoms with Gasteiger partial charge in [0.1, 0.15) is 17.6 Å². The smallest absolute Gasteiger partial charge is 0.264 e. The van der Waals surface area contributed by atoms with Gasteiger partial charge in [0.25, 0.3) is 5.91 Å². The van der Waals surface area contributed by atoms with E-state index in [1.807, 2.05) is 0 Å². The van der Waals surface area contributed by atoms with Crippen molar-refractivity contribution in [3.8, 4) is 0 Å². The molecule has 1 aromatic rings. The van der Waals surface area contributed by atoms with Gasteiger partial charge in [0.2, 0.25) is 5.91 Å². The average molecular weight is 235 g/mol. The molecule has 2 rings (SSSR count). The van der Waals surface area contributed by atoms with Crippen LogP contribution in [0.2, 0.25) is 0 Å². The number of nitrogens with one attached hydrogen (secondary N) is 1. The number of nitrogens with two attached hydrogens (primary N) is 1. The summed E-state index contributed by atoms with van der Waals surface area (Å²) < 4.78 is 12.7. The Balaban J connectivity index is 2.34. The molecule has 0 fully saturated rings. The number of carbonyl (C=O) groups excluding carboxylic acids is 2. The van der Waals surface area contributed by atoms with Crippen molar-refractivity contribution in [3.05, 3.63) is 35.6 Å². The molecule has 0 radical (unpaired) electrons. The van der Waals surface area contributed by atoms with Crippen molar-refractivity contribution in [2.24, 2.45) is 10.7 Å². The van der Waals surface area contributed by atoms with Gasteiger partial charge in [-0.3, -0.25) is 9.59 Å². The zero-order chi connectivity index (χ0) is 12.4. The van der Waals surface area contributed by atoms with Crippen LogP contribution in [-0.2, 0) is 9.59 Å². The molecule has 1 aliphatic rings. The van der Waals surface area contributed by atoms with E-state index < -0.39 is 23.5 Å². The Bertz CT molecular complexity index is 496.